The zero-order valence-electron chi connectivity index (χ0n) is 8.39. The van der Waals surface area contributed by atoms with E-state index in [0.29, 0.717) is 6.54 Å². The molecular weight excluding hydrogens is 194 g/mol. The maximum Gasteiger partial charge on any atom is 0.247 e. The molecule has 0 bridgehead atoms. The van der Waals surface area contributed by atoms with Gasteiger partial charge in [0.2, 0.25) is 5.91 Å². The van der Waals surface area contributed by atoms with Gasteiger partial charge in [0.1, 0.15) is 6.10 Å². The molecule has 1 atom stereocenters. The summed E-state index contributed by atoms with van der Waals surface area (Å²) in [6.45, 7) is 0.867. The molecule has 0 saturated heterocycles. The Balaban J connectivity index is 2.15. The van der Waals surface area contributed by atoms with E-state index in [1.807, 2.05) is 12.1 Å². The van der Waals surface area contributed by atoms with Crippen molar-refractivity contribution < 1.29 is 9.90 Å². The lowest BCUT2D eigenvalue weighted by atomic mass is 10.2. The van der Waals surface area contributed by atoms with Crippen molar-refractivity contribution in [2.75, 3.05) is 13.1 Å². The van der Waals surface area contributed by atoms with Crippen LogP contribution in [-0.2, 0) is 11.2 Å². The van der Waals surface area contributed by atoms with Crippen LogP contribution in [0.5, 0.6) is 0 Å². The Bertz CT molecular complexity index is 303. The van der Waals surface area contributed by atoms with Gasteiger partial charge in [0.25, 0.3) is 0 Å². The number of hydrogen-bond donors (Lipinski definition) is 3. The monoisotopic (exact) mass is 209 g/mol. The molecular formula is C10H15N3O2. The number of rotatable bonds is 6. The predicted molar refractivity (Wildman–Crippen MR) is 56.0 cm³/mol. The number of primary amides is 1. The van der Waals surface area contributed by atoms with Gasteiger partial charge in [0, 0.05) is 18.9 Å². The molecule has 1 aromatic rings. The normalized spacial score (nSPS) is 12.3. The van der Waals surface area contributed by atoms with Crippen LogP contribution in [0.2, 0.25) is 0 Å². The molecule has 0 aliphatic rings. The Hall–Kier alpha value is -1.46. The molecule has 1 unspecified atom stereocenters. The Kier molecular flexibility index (Phi) is 4.73. The van der Waals surface area contributed by atoms with E-state index in [2.05, 4.69) is 10.3 Å². The van der Waals surface area contributed by atoms with E-state index < -0.39 is 12.0 Å². The van der Waals surface area contributed by atoms with Gasteiger partial charge in [-0.15, -0.1) is 0 Å². The molecule has 1 aromatic heterocycles. The molecule has 1 amide bonds. The van der Waals surface area contributed by atoms with Crippen molar-refractivity contribution in [2.24, 2.45) is 5.73 Å². The fourth-order valence-corrected chi connectivity index (χ4v) is 1.12. The van der Waals surface area contributed by atoms with Gasteiger partial charge in [0.05, 0.1) is 0 Å². The van der Waals surface area contributed by atoms with Crippen LogP contribution >= 0.6 is 0 Å². The number of aliphatic hydroxyl groups excluding tert-OH is 1. The van der Waals surface area contributed by atoms with Crippen LogP contribution in [0.25, 0.3) is 0 Å². The molecule has 82 valence electrons. The second-order valence-electron chi connectivity index (χ2n) is 3.23. The predicted octanol–water partition coefficient (Wildman–Crippen LogP) is -0.940. The van der Waals surface area contributed by atoms with Crippen LogP contribution in [0, 0.1) is 0 Å². The summed E-state index contributed by atoms with van der Waals surface area (Å²) in [5.41, 5.74) is 6.00. The average Bonchev–Trinajstić information content (AvgIpc) is 2.25. The van der Waals surface area contributed by atoms with Gasteiger partial charge in [-0.3, -0.25) is 9.78 Å². The Morgan fingerprint density at radius 1 is 1.67 bits per heavy atom. The molecule has 1 heterocycles. The smallest absolute Gasteiger partial charge is 0.247 e. The number of nitrogens with one attached hydrogen (secondary N) is 1. The van der Waals surface area contributed by atoms with Crippen molar-refractivity contribution in [3.8, 4) is 0 Å². The summed E-state index contributed by atoms with van der Waals surface area (Å²) in [6, 6.07) is 3.84. The fourth-order valence-electron chi connectivity index (χ4n) is 1.12. The summed E-state index contributed by atoms with van der Waals surface area (Å²) in [5, 5.41) is 12.0. The highest BCUT2D eigenvalue weighted by atomic mass is 16.3. The van der Waals surface area contributed by atoms with Crippen LogP contribution in [-0.4, -0.2) is 35.2 Å². The van der Waals surface area contributed by atoms with E-state index in [-0.39, 0.29) is 6.54 Å². The van der Waals surface area contributed by atoms with E-state index in [0.717, 1.165) is 12.0 Å². The SMILES string of the molecule is NC(=O)C(O)CNCCc1cccnc1. The van der Waals surface area contributed by atoms with Gasteiger partial charge in [-0.25, -0.2) is 0 Å². The molecule has 0 aliphatic heterocycles. The van der Waals surface area contributed by atoms with Crippen LogP contribution in [0.15, 0.2) is 24.5 Å². The van der Waals surface area contributed by atoms with E-state index in [1.165, 1.54) is 0 Å². The number of carbonyl (C=O) groups is 1. The maximum atomic E-state index is 10.5. The minimum absolute atomic E-state index is 0.190. The first kappa shape index (κ1) is 11.6. The van der Waals surface area contributed by atoms with Crippen molar-refractivity contribution in [1.82, 2.24) is 10.3 Å². The third-order valence-corrected chi connectivity index (χ3v) is 1.98. The second-order valence-corrected chi connectivity index (χ2v) is 3.23. The molecule has 0 radical (unpaired) electrons. The molecule has 5 nitrogen and oxygen atoms in total. The third kappa shape index (κ3) is 4.53. The molecule has 0 aromatic carbocycles. The minimum Gasteiger partial charge on any atom is -0.382 e. The average molecular weight is 209 g/mol. The van der Waals surface area contributed by atoms with Gasteiger partial charge in [0.15, 0.2) is 0 Å². The lowest BCUT2D eigenvalue weighted by molar-refractivity contribution is -0.125. The molecule has 1 rings (SSSR count). The summed E-state index contributed by atoms with van der Waals surface area (Å²) in [7, 11) is 0. The Morgan fingerprint density at radius 2 is 2.47 bits per heavy atom. The number of amides is 1. The molecule has 0 spiro atoms. The van der Waals surface area contributed by atoms with Gasteiger partial charge >= 0.3 is 0 Å². The van der Waals surface area contributed by atoms with Gasteiger partial charge < -0.3 is 16.2 Å². The topological polar surface area (TPSA) is 88.2 Å². The molecule has 5 heteroatoms. The van der Waals surface area contributed by atoms with E-state index >= 15 is 0 Å². The lowest BCUT2D eigenvalue weighted by Crippen LogP contribution is -2.38. The Morgan fingerprint density at radius 3 is 3.07 bits per heavy atom. The van der Waals surface area contributed by atoms with Crippen molar-refractivity contribution in [2.45, 2.75) is 12.5 Å². The van der Waals surface area contributed by atoms with Crippen molar-refractivity contribution in [1.29, 1.82) is 0 Å². The van der Waals surface area contributed by atoms with Crippen LogP contribution < -0.4 is 11.1 Å². The number of aromatic nitrogens is 1. The number of nitrogens with two attached hydrogens (primary N) is 1. The summed E-state index contributed by atoms with van der Waals surface area (Å²) >= 11 is 0. The van der Waals surface area contributed by atoms with Crippen molar-refractivity contribution in [3.63, 3.8) is 0 Å². The van der Waals surface area contributed by atoms with Crippen LogP contribution in [0.4, 0.5) is 0 Å². The minimum atomic E-state index is -1.11. The highest BCUT2D eigenvalue weighted by Gasteiger charge is 2.08. The summed E-state index contributed by atoms with van der Waals surface area (Å²) in [6.07, 6.45) is 3.19. The number of aliphatic hydroxyl groups is 1. The molecule has 0 aliphatic carbocycles. The fraction of sp³-hybridized carbons (Fsp3) is 0.400. The first-order valence-electron chi connectivity index (χ1n) is 4.77. The quantitative estimate of drug-likeness (QED) is 0.528. The highest BCUT2D eigenvalue weighted by Crippen LogP contribution is 1.95. The molecule has 15 heavy (non-hydrogen) atoms. The number of hydrogen-bond acceptors (Lipinski definition) is 4. The maximum absolute atomic E-state index is 10.5. The van der Waals surface area contributed by atoms with E-state index in [4.69, 9.17) is 10.8 Å². The second kappa shape index (κ2) is 6.10. The van der Waals surface area contributed by atoms with Crippen LogP contribution in [0.3, 0.4) is 0 Å². The molecule has 0 fully saturated rings. The van der Waals surface area contributed by atoms with Gasteiger partial charge in [-0.2, -0.15) is 0 Å². The summed E-state index contributed by atoms with van der Waals surface area (Å²) in [5.74, 6) is -0.705. The first-order chi connectivity index (χ1) is 7.20. The Labute approximate surface area is 88.3 Å². The molecule has 4 N–H and O–H groups in total. The van der Waals surface area contributed by atoms with Crippen molar-refractivity contribution >= 4 is 5.91 Å². The van der Waals surface area contributed by atoms with E-state index in [9.17, 15) is 4.79 Å². The van der Waals surface area contributed by atoms with E-state index in [1.54, 1.807) is 12.4 Å². The largest absolute Gasteiger partial charge is 0.382 e. The summed E-state index contributed by atoms with van der Waals surface area (Å²) in [4.78, 5) is 14.5. The first-order valence-corrected chi connectivity index (χ1v) is 4.77. The van der Waals surface area contributed by atoms with Crippen molar-refractivity contribution in [3.05, 3.63) is 30.1 Å². The highest BCUT2D eigenvalue weighted by molar-refractivity contribution is 5.78. The number of pyridine rings is 1. The van der Waals surface area contributed by atoms with Gasteiger partial charge in [-0.1, -0.05) is 6.07 Å². The lowest BCUT2D eigenvalue weighted by Gasteiger charge is -2.07. The zero-order chi connectivity index (χ0) is 11.1. The zero-order valence-corrected chi connectivity index (χ0v) is 8.39. The van der Waals surface area contributed by atoms with Gasteiger partial charge in [-0.05, 0) is 24.6 Å². The number of nitrogens with zero attached hydrogens (tertiary/aromatic N) is 1. The third-order valence-electron chi connectivity index (χ3n) is 1.98. The standard InChI is InChI=1S/C10H15N3O2/c11-10(15)9(14)7-13-5-3-8-2-1-4-12-6-8/h1-2,4,6,9,13-14H,3,5,7H2,(H2,11,15). The summed E-state index contributed by atoms with van der Waals surface area (Å²) < 4.78 is 0. The van der Waals surface area contributed by atoms with Crippen LogP contribution in [0.1, 0.15) is 5.56 Å². The molecule has 0 saturated carbocycles. The number of carbonyl (C=O) groups excluding carboxylic acids is 1.